The fraction of sp³-hybridized carbons (Fsp3) is 0.200. The van der Waals surface area contributed by atoms with E-state index in [4.69, 9.17) is 0 Å². The number of nitrogens with one attached hydrogen (secondary N) is 2. The number of aryl methyl sites for hydroxylation is 1. The quantitative estimate of drug-likeness (QED) is 0.824. The van der Waals surface area contributed by atoms with Crippen molar-refractivity contribution in [1.29, 1.82) is 0 Å². The summed E-state index contributed by atoms with van der Waals surface area (Å²) in [5, 5.41) is 5.78. The molecule has 0 saturated carbocycles. The van der Waals surface area contributed by atoms with Crippen LogP contribution in [-0.2, 0) is 9.59 Å². The van der Waals surface area contributed by atoms with E-state index >= 15 is 0 Å². The summed E-state index contributed by atoms with van der Waals surface area (Å²) in [5.74, 6) is -0.372. The molecule has 1 atom stereocenters. The monoisotopic (exact) mass is 335 g/mol. The SMILES string of the molecule is C=CCN1c2ccccc2NC(=O)[C@H]1CC(=O)Nc1ccccc1C. The second-order valence-electron chi connectivity index (χ2n) is 6.03. The summed E-state index contributed by atoms with van der Waals surface area (Å²) in [6, 6.07) is 14.6. The normalized spacial score (nSPS) is 16.0. The fourth-order valence-corrected chi connectivity index (χ4v) is 3.01. The maximum Gasteiger partial charge on any atom is 0.247 e. The molecule has 0 bridgehead atoms. The number of rotatable bonds is 5. The van der Waals surface area contributed by atoms with E-state index in [1.165, 1.54) is 0 Å². The van der Waals surface area contributed by atoms with Crippen LogP contribution in [0.1, 0.15) is 12.0 Å². The van der Waals surface area contributed by atoms with Gasteiger partial charge in [0.1, 0.15) is 6.04 Å². The average Bonchev–Trinajstić information content (AvgIpc) is 2.60. The summed E-state index contributed by atoms with van der Waals surface area (Å²) in [4.78, 5) is 26.9. The van der Waals surface area contributed by atoms with Crippen LogP contribution in [0.5, 0.6) is 0 Å². The van der Waals surface area contributed by atoms with Crippen LogP contribution < -0.4 is 15.5 Å². The van der Waals surface area contributed by atoms with Crippen LogP contribution in [0.2, 0.25) is 0 Å². The number of anilines is 3. The van der Waals surface area contributed by atoms with E-state index in [9.17, 15) is 9.59 Å². The number of benzene rings is 2. The van der Waals surface area contributed by atoms with Gasteiger partial charge in [0.25, 0.3) is 0 Å². The topological polar surface area (TPSA) is 61.4 Å². The summed E-state index contributed by atoms with van der Waals surface area (Å²) >= 11 is 0. The summed E-state index contributed by atoms with van der Waals surface area (Å²) in [6.07, 6.45) is 1.81. The van der Waals surface area contributed by atoms with Gasteiger partial charge in [-0.25, -0.2) is 0 Å². The first-order valence-electron chi connectivity index (χ1n) is 8.23. The van der Waals surface area contributed by atoms with Crippen LogP contribution in [0.15, 0.2) is 61.2 Å². The van der Waals surface area contributed by atoms with Crippen molar-refractivity contribution < 1.29 is 9.59 Å². The number of fused-ring (bicyclic) bond motifs is 1. The van der Waals surface area contributed by atoms with E-state index in [-0.39, 0.29) is 18.2 Å². The number of para-hydroxylation sites is 3. The van der Waals surface area contributed by atoms with Gasteiger partial charge in [-0.2, -0.15) is 0 Å². The van der Waals surface area contributed by atoms with Gasteiger partial charge in [0, 0.05) is 12.2 Å². The molecule has 0 unspecified atom stereocenters. The Balaban J connectivity index is 1.80. The zero-order valence-corrected chi connectivity index (χ0v) is 14.2. The van der Waals surface area contributed by atoms with E-state index < -0.39 is 6.04 Å². The third-order valence-electron chi connectivity index (χ3n) is 4.27. The molecule has 128 valence electrons. The predicted molar refractivity (Wildman–Crippen MR) is 101 cm³/mol. The van der Waals surface area contributed by atoms with Crippen molar-refractivity contribution in [2.45, 2.75) is 19.4 Å². The molecule has 2 N–H and O–H groups in total. The Labute approximate surface area is 147 Å². The average molecular weight is 335 g/mol. The first-order valence-corrected chi connectivity index (χ1v) is 8.23. The lowest BCUT2D eigenvalue weighted by Gasteiger charge is -2.37. The maximum atomic E-state index is 12.5. The molecule has 0 spiro atoms. The highest BCUT2D eigenvalue weighted by atomic mass is 16.2. The smallest absolute Gasteiger partial charge is 0.247 e. The first kappa shape index (κ1) is 16.8. The molecule has 0 aliphatic carbocycles. The summed E-state index contributed by atoms with van der Waals surface area (Å²) in [5.41, 5.74) is 3.40. The van der Waals surface area contributed by atoms with Gasteiger partial charge in [-0.1, -0.05) is 36.4 Å². The van der Waals surface area contributed by atoms with Crippen LogP contribution in [-0.4, -0.2) is 24.4 Å². The summed E-state index contributed by atoms with van der Waals surface area (Å²) in [7, 11) is 0. The standard InChI is InChI=1S/C20H21N3O2/c1-3-12-23-17-11-7-6-10-16(17)22-20(25)18(23)13-19(24)21-15-9-5-4-8-14(15)2/h3-11,18H,1,12-13H2,2H3,(H,21,24)(H,22,25)/t18-/m1/s1. The fourth-order valence-electron chi connectivity index (χ4n) is 3.01. The Morgan fingerprint density at radius 2 is 1.96 bits per heavy atom. The van der Waals surface area contributed by atoms with E-state index in [0.29, 0.717) is 6.54 Å². The molecule has 2 amide bonds. The van der Waals surface area contributed by atoms with Gasteiger partial charge in [-0.15, -0.1) is 6.58 Å². The molecular formula is C20H21N3O2. The molecule has 2 aromatic rings. The Hall–Kier alpha value is -3.08. The van der Waals surface area contributed by atoms with Gasteiger partial charge in [-0.05, 0) is 30.7 Å². The highest BCUT2D eigenvalue weighted by molar-refractivity contribution is 6.06. The van der Waals surface area contributed by atoms with E-state index in [1.807, 2.05) is 60.4 Å². The van der Waals surface area contributed by atoms with Crippen LogP contribution in [0.3, 0.4) is 0 Å². The van der Waals surface area contributed by atoms with E-state index in [2.05, 4.69) is 17.2 Å². The van der Waals surface area contributed by atoms with Gasteiger partial charge in [-0.3, -0.25) is 9.59 Å². The third kappa shape index (κ3) is 3.55. The third-order valence-corrected chi connectivity index (χ3v) is 4.27. The molecule has 1 aliphatic heterocycles. The van der Waals surface area contributed by atoms with Crippen LogP contribution >= 0.6 is 0 Å². The van der Waals surface area contributed by atoms with Crippen molar-refractivity contribution in [2.24, 2.45) is 0 Å². The van der Waals surface area contributed by atoms with Crippen molar-refractivity contribution in [3.63, 3.8) is 0 Å². The predicted octanol–water partition coefficient (Wildman–Crippen LogP) is 3.34. The van der Waals surface area contributed by atoms with Crippen LogP contribution in [0.4, 0.5) is 17.1 Å². The van der Waals surface area contributed by atoms with Gasteiger partial charge in [0.2, 0.25) is 11.8 Å². The zero-order chi connectivity index (χ0) is 17.8. The molecule has 0 aromatic heterocycles. The molecule has 0 fully saturated rings. The van der Waals surface area contributed by atoms with E-state index in [1.54, 1.807) is 6.08 Å². The van der Waals surface area contributed by atoms with Gasteiger partial charge in [0.05, 0.1) is 17.8 Å². The number of amides is 2. The molecule has 25 heavy (non-hydrogen) atoms. The summed E-state index contributed by atoms with van der Waals surface area (Å²) < 4.78 is 0. The summed E-state index contributed by atoms with van der Waals surface area (Å²) in [6.45, 7) is 6.20. The Morgan fingerprint density at radius 1 is 1.24 bits per heavy atom. The molecule has 0 saturated heterocycles. The minimum Gasteiger partial charge on any atom is -0.354 e. The number of hydrogen-bond donors (Lipinski definition) is 2. The number of carbonyl (C=O) groups excluding carboxylic acids is 2. The highest BCUT2D eigenvalue weighted by Crippen LogP contribution is 2.32. The second kappa shape index (κ2) is 7.21. The first-order chi connectivity index (χ1) is 12.1. The molecular weight excluding hydrogens is 314 g/mol. The van der Waals surface area contributed by atoms with Crippen LogP contribution in [0, 0.1) is 6.92 Å². The molecule has 2 aromatic carbocycles. The van der Waals surface area contributed by atoms with Gasteiger partial charge in [0.15, 0.2) is 0 Å². The largest absolute Gasteiger partial charge is 0.354 e. The molecule has 5 heteroatoms. The van der Waals surface area contributed by atoms with Crippen molar-refractivity contribution >= 4 is 28.9 Å². The van der Waals surface area contributed by atoms with Crippen molar-refractivity contribution in [3.05, 3.63) is 66.7 Å². The van der Waals surface area contributed by atoms with E-state index in [0.717, 1.165) is 22.6 Å². The molecule has 1 aliphatic rings. The number of hydrogen-bond acceptors (Lipinski definition) is 3. The lowest BCUT2D eigenvalue weighted by molar-refractivity contribution is -0.122. The molecule has 0 radical (unpaired) electrons. The maximum absolute atomic E-state index is 12.5. The minimum atomic E-state index is -0.572. The van der Waals surface area contributed by atoms with Crippen molar-refractivity contribution in [1.82, 2.24) is 0 Å². The Kier molecular flexibility index (Phi) is 4.84. The Bertz CT molecular complexity index is 816. The number of nitrogens with zero attached hydrogens (tertiary/aromatic N) is 1. The Morgan fingerprint density at radius 3 is 2.72 bits per heavy atom. The van der Waals surface area contributed by atoms with Crippen molar-refractivity contribution in [2.75, 3.05) is 22.1 Å². The lowest BCUT2D eigenvalue weighted by atomic mass is 10.0. The zero-order valence-electron chi connectivity index (χ0n) is 14.2. The van der Waals surface area contributed by atoms with Crippen LogP contribution in [0.25, 0.3) is 0 Å². The number of carbonyl (C=O) groups is 2. The molecule has 5 nitrogen and oxygen atoms in total. The van der Waals surface area contributed by atoms with Gasteiger partial charge < -0.3 is 15.5 Å². The van der Waals surface area contributed by atoms with Crippen molar-refractivity contribution in [3.8, 4) is 0 Å². The lowest BCUT2D eigenvalue weighted by Crippen LogP contribution is -2.49. The molecule has 3 rings (SSSR count). The highest BCUT2D eigenvalue weighted by Gasteiger charge is 2.33. The minimum absolute atomic E-state index is 0.0718. The van der Waals surface area contributed by atoms with Gasteiger partial charge >= 0.3 is 0 Å². The second-order valence-corrected chi connectivity index (χ2v) is 6.03. The molecule has 1 heterocycles.